The molecule has 0 radical (unpaired) electrons. The highest BCUT2D eigenvalue weighted by molar-refractivity contribution is 6.99. The molecule has 45 heavy (non-hydrogen) atoms. The van der Waals surface area contributed by atoms with Gasteiger partial charge in [0.05, 0.1) is 24.3 Å². The molecule has 2 aromatic carbocycles. The third-order valence-corrected chi connectivity index (χ3v) is 15.6. The van der Waals surface area contributed by atoms with Gasteiger partial charge in [-0.25, -0.2) is 10.6 Å². The molecule has 246 valence electrons. The van der Waals surface area contributed by atoms with Gasteiger partial charge in [0.1, 0.15) is 0 Å². The van der Waals surface area contributed by atoms with Crippen molar-refractivity contribution in [2.45, 2.75) is 140 Å². The predicted molar refractivity (Wildman–Crippen MR) is 181 cm³/mol. The van der Waals surface area contributed by atoms with Crippen LogP contribution >= 0.6 is 0 Å². The number of halogens is 1. The minimum absolute atomic E-state index is 0. The molecule has 6 nitrogen and oxygen atoms in total. The van der Waals surface area contributed by atoms with Gasteiger partial charge in [0.25, 0.3) is 8.32 Å². The quantitative estimate of drug-likeness (QED) is 0.221. The summed E-state index contributed by atoms with van der Waals surface area (Å²) < 4.78 is 16.4. The summed E-state index contributed by atoms with van der Waals surface area (Å²) in [6.07, 6.45) is 14.5. The maximum absolute atomic E-state index is 11.9. The molecule has 6 atom stereocenters. The summed E-state index contributed by atoms with van der Waals surface area (Å²) in [5, 5.41) is 21.8. The number of rotatable bonds is 9. The molecule has 0 aromatic heterocycles. The van der Waals surface area contributed by atoms with Gasteiger partial charge in [-0.3, -0.25) is 4.58 Å². The van der Waals surface area contributed by atoms with E-state index in [1.165, 1.54) is 23.2 Å². The van der Waals surface area contributed by atoms with Crippen molar-refractivity contribution in [3.05, 3.63) is 72.8 Å². The number of hydrogen-bond acceptors (Lipinski definition) is 5. The highest BCUT2D eigenvalue weighted by atomic mass is 35.5. The van der Waals surface area contributed by atoms with E-state index in [0.717, 1.165) is 50.9 Å². The molecular weight excluding hydrogens is 598 g/mol. The van der Waals surface area contributed by atoms with E-state index in [2.05, 4.69) is 123 Å². The van der Waals surface area contributed by atoms with Crippen molar-refractivity contribution in [3.63, 3.8) is 0 Å². The topological polar surface area (TPSA) is 65.8 Å². The molecule has 4 aliphatic heterocycles. The number of guanidine groups is 1. The normalized spacial score (nSPS) is 30.4. The zero-order valence-corrected chi connectivity index (χ0v) is 29.7. The molecule has 0 saturated carbocycles. The molecule has 0 amide bonds. The van der Waals surface area contributed by atoms with Crippen molar-refractivity contribution < 1.29 is 31.3 Å². The van der Waals surface area contributed by atoms with Crippen molar-refractivity contribution in [1.29, 1.82) is 0 Å². The van der Waals surface area contributed by atoms with E-state index in [1.807, 2.05) is 0 Å². The fourth-order valence-electron chi connectivity index (χ4n) is 8.53. The summed E-state index contributed by atoms with van der Waals surface area (Å²) in [5.74, 6) is 0.983. The highest BCUT2D eigenvalue weighted by Gasteiger charge is 2.56. The van der Waals surface area contributed by atoms with Crippen LogP contribution in [0.4, 0.5) is 0 Å². The molecule has 2 saturated heterocycles. The van der Waals surface area contributed by atoms with Crippen LogP contribution in [0.1, 0.15) is 98.8 Å². The molecule has 2 aromatic rings. The van der Waals surface area contributed by atoms with Gasteiger partial charge in [-0.2, -0.15) is 0 Å². The number of nitrogens with one attached hydrogen (secondary N) is 2. The van der Waals surface area contributed by atoms with Crippen LogP contribution in [0.15, 0.2) is 72.8 Å². The predicted octanol–water partition coefficient (Wildman–Crippen LogP) is 2.54. The maximum Gasteiger partial charge on any atom is 0.350 e. The van der Waals surface area contributed by atoms with E-state index in [-0.39, 0.29) is 35.4 Å². The van der Waals surface area contributed by atoms with E-state index < -0.39 is 14.0 Å². The van der Waals surface area contributed by atoms with Crippen LogP contribution in [0.25, 0.3) is 0 Å². The van der Waals surface area contributed by atoms with E-state index in [1.54, 1.807) is 0 Å². The van der Waals surface area contributed by atoms with Crippen LogP contribution in [-0.4, -0.2) is 59.7 Å². The van der Waals surface area contributed by atoms with Gasteiger partial charge in [-0.1, -0.05) is 101 Å². The van der Waals surface area contributed by atoms with Crippen LogP contribution in [0, 0.1) is 0 Å². The molecule has 4 aliphatic rings. The van der Waals surface area contributed by atoms with Crippen LogP contribution in [-0.2, 0) is 9.16 Å². The first-order valence-electron chi connectivity index (χ1n) is 17.1. The van der Waals surface area contributed by atoms with Crippen molar-refractivity contribution in [2.24, 2.45) is 0 Å². The zero-order chi connectivity index (χ0) is 31.0. The lowest BCUT2D eigenvalue weighted by Crippen LogP contribution is -3.00. The average Bonchev–Trinajstić information content (AvgIpc) is 3.39. The van der Waals surface area contributed by atoms with Crippen LogP contribution < -0.4 is 33.4 Å². The molecule has 3 N–H and O–H groups in total. The lowest BCUT2D eigenvalue weighted by molar-refractivity contribution is -0.602. The minimum Gasteiger partial charge on any atom is -1.00 e. The zero-order valence-electron chi connectivity index (χ0n) is 27.9. The fourth-order valence-corrected chi connectivity index (χ4v) is 13.2. The van der Waals surface area contributed by atoms with Gasteiger partial charge >= 0.3 is 5.96 Å². The number of nitrogens with zero attached hydrogens (tertiary/aromatic N) is 1. The van der Waals surface area contributed by atoms with Crippen LogP contribution in [0.2, 0.25) is 5.04 Å². The lowest BCUT2D eigenvalue weighted by Gasteiger charge is -2.46. The Morgan fingerprint density at radius 3 is 2.20 bits per heavy atom. The third-order valence-electron chi connectivity index (χ3n) is 10.6. The SMILES string of the molecule is CC[C@@H](/C=C\CCC1(O)C[C@@H]2CC[C@@H]3C[C@]4(CCC[C@@H](C)O4)NC(=[N+]32)N1)O[Si](c1ccccc1)(c1ccccc1)C(C)(C)C.[Cl-]. The van der Waals surface area contributed by atoms with Crippen molar-refractivity contribution in [2.75, 3.05) is 0 Å². The van der Waals surface area contributed by atoms with Crippen LogP contribution in [0.5, 0.6) is 0 Å². The molecular formula is C37H54ClN3O3Si. The van der Waals surface area contributed by atoms with Gasteiger partial charge in [-0.05, 0) is 60.9 Å². The van der Waals surface area contributed by atoms with Crippen molar-refractivity contribution >= 4 is 24.7 Å². The standard InChI is InChI=1S/C37H53N3O3Si.ClH/c1-6-31(43-44(35(3,4)5,32-18-9-7-10-19-32)33-20-11-8-12-21-33)17-13-14-24-36(41)26-29-22-23-30-27-37(25-15-16-28(2)42-37)39-34(38-36)40(29)30;/h7-13,17-21,28-31,41H,6,14-16,22-27H2,1-5H3,(H,38,39);1H/b17-13-;/t28-,29+,30-,31+,36?,37-;/m1./s1. The molecule has 0 bridgehead atoms. The Hall–Kier alpha value is -2.16. The molecule has 0 aliphatic carbocycles. The summed E-state index contributed by atoms with van der Waals surface area (Å²) in [5.41, 5.74) is -1.25. The van der Waals surface area contributed by atoms with E-state index in [4.69, 9.17) is 9.16 Å². The fraction of sp³-hybridized carbons (Fsp3) is 0.595. The smallest absolute Gasteiger partial charge is 0.350 e. The van der Waals surface area contributed by atoms with E-state index in [0.29, 0.717) is 18.5 Å². The van der Waals surface area contributed by atoms with Crippen LogP contribution in [0.3, 0.4) is 0 Å². The first-order chi connectivity index (χ1) is 21.1. The molecule has 4 heterocycles. The summed E-state index contributed by atoms with van der Waals surface area (Å²) in [7, 11) is -2.64. The molecule has 8 heteroatoms. The van der Waals surface area contributed by atoms with Gasteiger partial charge in [0.2, 0.25) is 0 Å². The molecule has 1 spiro atoms. The summed E-state index contributed by atoms with van der Waals surface area (Å²) >= 11 is 0. The Balaban J connectivity index is 0.00000400. The Labute approximate surface area is 278 Å². The highest BCUT2D eigenvalue weighted by Crippen LogP contribution is 2.41. The lowest BCUT2D eigenvalue weighted by atomic mass is 9.90. The summed E-state index contributed by atoms with van der Waals surface area (Å²) in [6, 6.07) is 22.6. The van der Waals surface area contributed by atoms with Gasteiger partial charge < -0.3 is 26.7 Å². The second-order valence-corrected chi connectivity index (χ2v) is 19.1. The summed E-state index contributed by atoms with van der Waals surface area (Å²) in [4.78, 5) is 0. The van der Waals surface area contributed by atoms with E-state index in [9.17, 15) is 5.11 Å². The Morgan fingerprint density at radius 1 is 1.00 bits per heavy atom. The van der Waals surface area contributed by atoms with Gasteiger partial charge in [-0.15, -0.1) is 0 Å². The van der Waals surface area contributed by atoms with E-state index >= 15 is 0 Å². The first kappa shape index (κ1) is 34.2. The Bertz CT molecular complexity index is 1310. The maximum atomic E-state index is 11.9. The van der Waals surface area contributed by atoms with Crippen molar-refractivity contribution in [3.8, 4) is 0 Å². The largest absolute Gasteiger partial charge is 1.00 e. The molecule has 6 rings (SSSR count). The number of benzene rings is 2. The van der Waals surface area contributed by atoms with Gasteiger partial charge in [0.15, 0.2) is 11.4 Å². The minimum atomic E-state index is -2.64. The van der Waals surface area contributed by atoms with Crippen molar-refractivity contribution in [1.82, 2.24) is 10.6 Å². The number of hydrogen-bond donors (Lipinski definition) is 3. The monoisotopic (exact) mass is 651 g/mol. The summed E-state index contributed by atoms with van der Waals surface area (Å²) in [6.45, 7) is 11.4. The molecule has 2 fully saturated rings. The average molecular weight is 652 g/mol. The second kappa shape index (κ2) is 13.5. The number of allylic oxidation sites excluding steroid dienone is 1. The second-order valence-electron chi connectivity index (χ2n) is 14.8. The number of ether oxygens (including phenoxy) is 1. The Kier molecular flexibility index (Phi) is 10.3. The third kappa shape index (κ3) is 6.80. The molecule has 1 unspecified atom stereocenters. The van der Waals surface area contributed by atoms with Gasteiger partial charge in [0, 0.05) is 25.7 Å². The number of aliphatic hydroxyl groups is 1. The first-order valence-corrected chi connectivity index (χ1v) is 19.0. The Morgan fingerprint density at radius 2 is 1.62 bits per heavy atom.